The van der Waals surface area contributed by atoms with E-state index in [1.165, 1.54) is 0 Å². The summed E-state index contributed by atoms with van der Waals surface area (Å²) in [6, 6.07) is 6.05. The van der Waals surface area contributed by atoms with Gasteiger partial charge in [0.25, 0.3) is 0 Å². The SMILES string of the molecule is CCN(CC)CCCNc1cnnc2ccc(Br)cc12. The van der Waals surface area contributed by atoms with E-state index >= 15 is 0 Å². The average Bonchev–Trinajstić information content (AvgIpc) is 2.47. The highest BCUT2D eigenvalue weighted by Crippen LogP contribution is 2.24. The van der Waals surface area contributed by atoms with E-state index in [0.29, 0.717) is 0 Å². The van der Waals surface area contributed by atoms with Crippen molar-refractivity contribution in [2.24, 2.45) is 0 Å². The summed E-state index contributed by atoms with van der Waals surface area (Å²) in [5.74, 6) is 0. The van der Waals surface area contributed by atoms with Gasteiger partial charge in [0, 0.05) is 16.4 Å². The zero-order valence-electron chi connectivity index (χ0n) is 12.1. The maximum Gasteiger partial charge on any atom is 0.0951 e. The van der Waals surface area contributed by atoms with Gasteiger partial charge < -0.3 is 10.2 Å². The minimum absolute atomic E-state index is 0.918. The fraction of sp³-hybridized carbons (Fsp3) is 0.467. The van der Waals surface area contributed by atoms with Crippen molar-refractivity contribution in [3.8, 4) is 0 Å². The number of nitrogens with zero attached hydrogens (tertiary/aromatic N) is 3. The van der Waals surface area contributed by atoms with Gasteiger partial charge in [0.15, 0.2) is 0 Å². The van der Waals surface area contributed by atoms with Gasteiger partial charge in [-0.05, 0) is 44.3 Å². The van der Waals surface area contributed by atoms with Crippen molar-refractivity contribution in [3.63, 3.8) is 0 Å². The molecule has 5 heteroatoms. The molecule has 0 atom stereocenters. The molecular formula is C15H21BrN4. The molecule has 1 aromatic heterocycles. The molecule has 0 saturated carbocycles. The number of benzene rings is 1. The highest BCUT2D eigenvalue weighted by atomic mass is 79.9. The Balaban J connectivity index is 1.98. The van der Waals surface area contributed by atoms with Crippen LogP contribution in [0.3, 0.4) is 0 Å². The van der Waals surface area contributed by atoms with Gasteiger partial charge >= 0.3 is 0 Å². The van der Waals surface area contributed by atoms with Crippen LogP contribution < -0.4 is 5.32 Å². The Morgan fingerprint density at radius 3 is 2.80 bits per heavy atom. The fourth-order valence-corrected chi connectivity index (χ4v) is 2.60. The molecule has 0 aliphatic rings. The molecule has 0 aliphatic heterocycles. The van der Waals surface area contributed by atoms with Crippen molar-refractivity contribution >= 4 is 32.5 Å². The number of anilines is 1. The molecule has 1 N–H and O–H groups in total. The lowest BCUT2D eigenvalue weighted by Gasteiger charge is -2.18. The van der Waals surface area contributed by atoms with Crippen LogP contribution in [0, 0.1) is 0 Å². The smallest absolute Gasteiger partial charge is 0.0951 e. The summed E-state index contributed by atoms with van der Waals surface area (Å²) >= 11 is 3.50. The lowest BCUT2D eigenvalue weighted by Crippen LogP contribution is -2.25. The molecule has 4 nitrogen and oxygen atoms in total. The van der Waals surface area contributed by atoms with Crippen molar-refractivity contribution in [1.29, 1.82) is 0 Å². The minimum atomic E-state index is 0.918. The molecule has 108 valence electrons. The molecule has 1 heterocycles. The molecule has 0 aliphatic carbocycles. The van der Waals surface area contributed by atoms with Gasteiger partial charge in [0.2, 0.25) is 0 Å². The molecule has 0 radical (unpaired) electrons. The largest absolute Gasteiger partial charge is 0.383 e. The van der Waals surface area contributed by atoms with E-state index in [2.05, 4.69) is 56.3 Å². The first kappa shape index (κ1) is 15.2. The van der Waals surface area contributed by atoms with Crippen LogP contribution in [0.25, 0.3) is 10.9 Å². The second kappa shape index (κ2) is 7.55. The van der Waals surface area contributed by atoms with E-state index in [4.69, 9.17) is 0 Å². The Morgan fingerprint density at radius 1 is 1.25 bits per heavy atom. The van der Waals surface area contributed by atoms with Crippen molar-refractivity contribution in [2.45, 2.75) is 20.3 Å². The number of fused-ring (bicyclic) bond motifs is 1. The van der Waals surface area contributed by atoms with Gasteiger partial charge in [-0.3, -0.25) is 0 Å². The summed E-state index contributed by atoms with van der Waals surface area (Å²) in [5, 5.41) is 12.8. The maximum atomic E-state index is 4.15. The first-order valence-electron chi connectivity index (χ1n) is 7.11. The Bertz CT molecular complexity index is 555. The number of rotatable bonds is 7. The fourth-order valence-electron chi connectivity index (χ4n) is 2.24. The number of aromatic nitrogens is 2. The highest BCUT2D eigenvalue weighted by Gasteiger charge is 2.04. The molecule has 2 aromatic rings. The zero-order valence-corrected chi connectivity index (χ0v) is 13.7. The number of halogens is 1. The van der Waals surface area contributed by atoms with Crippen LogP contribution in [0.1, 0.15) is 20.3 Å². The lowest BCUT2D eigenvalue weighted by molar-refractivity contribution is 0.303. The van der Waals surface area contributed by atoms with Crippen LogP contribution >= 0.6 is 15.9 Å². The standard InChI is InChI=1S/C15H21BrN4/c1-3-20(4-2)9-5-8-17-15-11-18-19-14-7-6-12(16)10-13(14)15/h6-7,10-11H,3-5,8-9H2,1-2H3,(H,17,19). The van der Waals surface area contributed by atoms with E-state index < -0.39 is 0 Å². The monoisotopic (exact) mass is 336 g/mol. The predicted molar refractivity (Wildman–Crippen MR) is 88.1 cm³/mol. The maximum absolute atomic E-state index is 4.15. The quantitative estimate of drug-likeness (QED) is 0.785. The first-order valence-corrected chi connectivity index (χ1v) is 7.91. The summed E-state index contributed by atoms with van der Waals surface area (Å²) in [7, 11) is 0. The van der Waals surface area contributed by atoms with E-state index in [-0.39, 0.29) is 0 Å². The van der Waals surface area contributed by atoms with Crippen LogP contribution in [0.15, 0.2) is 28.9 Å². The molecule has 0 unspecified atom stereocenters. The molecule has 0 amide bonds. The second-order valence-corrected chi connectivity index (χ2v) is 5.64. The van der Waals surface area contributed by atoms with Gasteiger partial charge in [-0.2, -0.15) is 10.2 Å². The van der Waals surface area contributed by atoms with Crippen LogP contribution in [-0.2, 0) is 0 Å². The topological polar surface area (TPSA) is 41.0 Å². The van der Waals surface area contributed by atoms with Gasteiger partial charge in [0.1, 0.15) is 0 Å². The third kappa shape index (κ3) is 3.90. The molecule has 20 heavy (non-hydrogen) atoms. The average molecular weight is 337 g/mol. The molecule has 0 spiro atoms. The van der Waals surface area contributed by atoms with E-state index in [1.807, 2.05) is 12.1 Å². The number of hydrogen-bond donors (Lipinski definition) is 1. The van der Waals surface area contributed by atoms with Crippen LogP contribution in [-0.4, -0.2) is 41.3 Å². The van der Waals surface area contributed by atoms with E-state index in [9.17, 15) is 0 Å². The van der Waals surface area contributed by atoms with Crippen molar-refractivity contribution in [1.82, 2.24) is 15.1 Å². The Labute approximate surface area is 128 Å². The predicted octanol–water partition coefficient (Wildman–Crippen LogP) is 3.54. The molecule has 1 aromatic carbocycles. The minimum Gasteiger partial charge on any atom is -0.383 e. The normalized spacial score (nSPS) is 11.2. The summed E-state index contributed by atoms with van der Waals surface area (Å²) in [4.78, 5) is 2.43. The zero-order chi connectivity index (χ0) is 14.4. The first-order chi connectivity index (χ1) is 9.74. The van der Waals surface area contributed by atoms with Crippen molar-refractivity contribution in [3.05, 3.63) is 28.9 Å². The lowest BCUT2D eigenvalue weighted by atomic mass is 10.2. The third-order valence-electron chi connectivity index (χ3n) is 3.46. The highest BCUT2D eigenvalue weighted by molar-refractivity contribution is 9.10. The van der Waals surface area contributed by atoms with Gasteiger partial charge in [0.05, 0.1) is 17.4 Å². The van der Waals surface area contributed by atoms with Crippen molar-refractivity contribution in [2.75, 3.05) is 31.5 Å². The molecular weight excluding hydrogens is 316 g/mol. The second-order valence-electron chi connectivity index (χ2n) is 4.73. The van der Waals surface area contributed by atoms with Crippen LogP contribution in [0.2, 0.25) is 0 Å². The number of hydrogen-bond acceptors (Lipinski definition) is 4. The summed E-state index contributed by atoms with van der Waals surface area (Å²) in [6.07, 6.45) is 2.92. The molecule has 0 bridgehead atoms. The molecule has 0 fully saturated rings. The molecule has 0 saturated heterocycles. The van der Waals surface area contributed by atoms with Gasteiger partial charge in [-0.1, -0.05) is 29.8 Å². The third-order valence-corrected chi connectivity index (χ3v) is 3.96. The van der Waals surface area contributed by atoms with E-state index in [1.54, 1.807) is 6.20 Å². The van der Waals surface area contributed by atoms with Gasteiger partial charge in [-0.15, -0.1) is 0 Å². The van der Waals surface area contributed by atoms with Gasteiger partial charge in [-0.25, -0.2) is 0 Å². The Morgan fingerprint density at radius 2 is 2.05 bits per heavy atom. The summed E-state index contributed by atoms with van der Waals surface area (Å²) in [6.45, 7) is 8.71. The van der Waals surface area contributed by atoms with E-state index in [0.717, 1.165) is 53.7 Å². The number of nitrogens with one attached hydrogen (secondary N) is 1. The molecule has 2 rings (SSSR count). The summed E-state index contributed by atoms with van der Waals surface area (Å²) in [5.41, 5.74) is 1.97. The Hall–Kier alpha value is -1.20. The Kier molecular flexibility index (Phi) is 5.73. The van der Waals surface area contributed by atoms with Crippen LogP contribution in [0.4, 0.5) is 5.69 Å². The van der Waals surface area contributed by atoms with Crippen LogP contribution in [0.5, 0.6) is 0 Å². The van der Waals surface area contributed by atoms with Crippen molar-refractivity contribution < 1.29 is 0 Å². The summed E-state index contributed by atoms with van der Waals surface area (Å²) < 4.78 is 1.06.